The summed E-state index contributed by atoms with van der Waals surface area (Å²) in [5.41, 5.74) is 1.11. The van der Waals surface area contributed by atoms with Crippen LogP contribution in [-0.2, 0) is 17.1 Å². The minimum atomic E-state index is 0. The molecule has 13 heavy (non-hydrogen) atoms. The van der Waals surface area contributed by atoms with Gasteiger partial charge < -0.3 is 5.11 Å². The fourth-order valence-corrected chi connectivity index (χ4v) is 0.949. The summed E-state index contributed by atoms with van der Waals surface area (Å²) in [4.78, 5) is 0. The van der Waals surface area contributed by atoms with Gasteiger partial charge in [0.2, 0.25) is 0 Å². The molecule has 0 saturated carbocycles. The molecule has 0 atom stereocenters. The molecule has 0 fully saturated rings. The Kier molecular flexibility index (Phi) is 7.71. The molecule has 0 aromatic carbocycles. The van der Waals surface area contributed by atoms with Gasteiger partial charge in [0.25, 0.3) is 0 Å². The van der Waals surface area contributed by atoms with Gasteiger partial charge in [-0.05, 0) is 12.0 Å². The molecule has 0 bridgehead atoms. The van der Waals surface area contributed by atoms with Crippen molar-refractivity contribution >= 4 is 0 Å². The van der Waals surface area contributed by atoms with E-state index in [4.69, 9.17) is 5.11 Å². The van der Waals surface area contributed by atoms with Crippen LogP contribution in [0, 0.1) is 6.08 Å². The van der Waals surface area contributed by atoms with Crippen molar-refractivity contribution < 1.29 is 22.2 Å². The van der Waals surface area contributed by atoms with E-state index in [2.05, 4.69) is 12.2 Å². The molecular formula is C11H13FeO+. The number of hydrogen-bond acceptors (Lipinski definition) is 1. The molecular weight excluding hydrogens is 204 g/mol. The van der Waals surface area contributed by atoms with Crippen molar-refractivity contribution in [1.29, 1.82) is 0 Å². The number of hydrogen-bond donors (Lipinski definition) is 1. The molecule has 2 aliphatic rings. The summed E-state index contributed by atoms with van der Waals surface area (Å²) in [5.74, 6) is 0. The van der Waals surface area contributed by atoms with Crippen LogP contribution in [0.25, 0.3) is 0 Å². The summed E-state index contributed by atoms with van der Waals surface area (Å²) < 4.78 is 0. The van der Waals surface area contributed by atoms with Gasteiger partial charge in [-0.25, -0.2) is 12.2 Å². The molecule has 70 valence electrons. The van der Waals surface area contributed by atoms with Crippen molar-refractivity contribution in [3.05, 3.63) is 48.1 Å². The van der Waals surface area contributed by atoms with E-state index >= 15 is 0 Å². The van der Waals surface area contributed by atoms with E-state index < -0.39 is 0 Å². The zero-order valence-corrected chi connectivity index (χ0v) is 8.49. The van der Waals surface area contributed by atoms with Crippen LogP contribution in [0.1, 0.15) is 12.8 Å². The van der Waals surface area contributed by atoms with E-state index in [9.17, 15) is 0 Å². The molecule has 0 heterocycles. The van der Waals surface area contributed by atoms with Gasteiger partial charge >= 0.3 is 17.1 Å². The Morgan fingerprint density at radius 1 is 1.31 bits per heavy atom. The maximum absolute atomic E-state index is 8.46. The van der Waals surface area contributed by atoms with Crippen LogP contribution in [0.5, 0.6) is 0 Å². The van der Waals surface area contributed by atoms with Crippen LogP contribution in [0.3, 0.4) is 0 Å². The number of aliphatic hydroxyl groups is 1. The van der Waals surface area contributed by atoms with Crippen LogP contribution < -0.4 is 0 Å². The second kappa shape index (κ2) is 8.06. The minimum Gasteiger partial charge on any atom is -0.392 e. The van der Waals surface area contributed by atoms with E-state index in [0.29, 0.717) is 0 Å². The zero-order valence-electron chi connectivity index (χ0n) is 7.39. The first-order chi connectivity index (χ1) is 5.93. The molecule has 1 nitrogen and oxygen atoms in total. The van der Waals surface area contributed by atoms with Gasteiger partial charge in [0.05, 0.1) is 6.61 Å². The van der Waals surface area contributed by atoms with Crippen LogP contribution in [0.2, 0.25) is 0 Å². The Morgan fingerprint density at radius 2 is 2.15 bits per heavy atom. The maximum atomic E-state index is 8.46. The first-order valence-corrected chi connectivity index (χ1v) is 4.10. The van der Waals surface area contributed by atoms with Crippen LogP contribution in [0.4, 0.5) is 0 Å². The van der Waals surface area contributed by atoms with E-state index in [1.165, 1.54) is 0 Å². The third-order valence-electron chi connectivity index (χ3n) is 1.64. The van der Waals surface area contributed by atoms with Crippen molar-refractivity contribution in [3.63, 3.8) is 0 Å². The van der Waals surface area contributed by atoms with E-state index in [0.717, 1.165) is 18.4 Å². The first kappa shape index (κ1) is 12.4. The smallest absolute Gasteiger partial charge is 0.392 e. The maximum Gasteiger partial charge on any atom is 2.00 e. The van der Waals surface area contributed by atoms with Crippen molar-refractivity contribution in [2.45, 2.75) is 12.8 Å². The first-order valence-electron chi connectivity index (χ1n) is 4.10. The predicted octanol–water partition coefficient (Wildman–Crippen LogP) is 2.17. The third-order valence-corrected chi connectivity index (χ3v) is 1.64. The van der Waals surface area contributed by atoms with Gasteiger partial charge in [0, 0.05) is 0 Å². The molecule has 2 aliphatic carbocycles. The summed E-state index contributed by atoms with van der Waals surface area (Å²) >= 11 is 0. The Bertz CT molecular complexity index is 226. The predicted molar refractivity (Wildman–Crippen MR) is 50.5 cm³/mol. The topological polar surface area (TPSA) is 20.2 Å². The fraction of sp³-hybridized carbons (Fsp3) is 0.273. The summed E-state index contributed by atoms with van der Waals surface area (Å²) in [7, 11) is 0. The number of allylic oxidation sites excluding steroid dienone is 7. The van der Waals surface area contributed by atoms with Gasteiger partial charge in [0.15, 0.2) is 0 Å². The van der Waals surface area contributed by atoms with E-state index in [1.807, 2.05) is 30.4 Å². The number of aliphatic hydroxyl groups excluding tert-OH is 1. The molecule has 0 aromatic rings. The van der Waals surface area contributed by atoms with Crippen molar-refractivity contribution in [3.8, 4) is 0 Å². The molecule has 0 radical (unpaired) electrons. The molecule has 1 N–H and O–H groups in total. The molecule has 2 heteroatoms. The third kappa shape index (κ3) is 5.64. The van der Waals surface area contributed by atoms with Gasteiger partial charge in [-0.2, -0.15) is 6.08 Å². The molecule has 2 rings (SSSR count). The van der Waals surface area contributed by atoms with Crippen LogP contribution >= 0.6 is 0 Å². The molecule has 0 unspecified atom stereocenters. The van der Waals surface area contributed by atoms with E-state index in [-0.39, 0.29) is 23.7 Å². The van der Waals surface area contributed by atoms with Crippen molar-refractivity contribution in [2.75, 3.05) is 6.61 Å². The van der Waals surface area contributed by atoms with Crippen molar-refractivity contribution in [2.24, 2.45) is 0 Å². The zero-order chi connectivity index (χ0) is 8.65. The molecule has 0 aliphatic heterocycles. The average molecular weight is 217 g/mol. The summed E-state index contributed by atoms with van der Waals surface area (Å²) in [6, 6.07) is 0. The average Bonchev–Trinajstić information content (AvgIpc) is 2.81. The van der Waals surface area contributed by atoms with Crippen LogP contribution in [0.15, 0.2) is 42.0 Å². The van der Waals surface area contributed by atoms with Gasteiger partial charge in [-0.1, -0.05) is 18.2 Å². The molecule has 0 saturated heterocycles. The largest absolute Gasteiger partial charge is 2.00 e. The minimum absolute atomic E-state index is 0. The van der Waals surface area contributed by atoms with Gasteiger partial charge in [-0.15, -0.1) is 6.42 Å². The Morgan fingerprint density at radius 3 is 2.38 bits per heavy atom. The SMILES string of the molecule is OCC1=CC=CC1.[C-]1=CC=CC1.[Fe+2]. The quantitative estimate of drug-likeness (QED) is 0.527. The van der Waals surface area contributed by atoms with Gasteiger partial charge in [-0.3, -0.25) is 6.08 Å². The molecule has 0 aromatic heterocycles. The van der Waals surface area contributed by atoms with Crippen LogP contribution in [-0.4, -0.2) is 11.7 Å². The van der Waals surface area contributed by atoms with Crippen molar-refractivity contribution in [1.82, 2.24) is 0 Å². The standard InChI is InChI=1S/C6H8O.C5H5.Fe/c7-5-6-3-1-2-4-6;1-2-4-5-3-1;/h1-3,7H,4-5H2;1-3H,4H2;/q;-1;+2. The second-order valence-corrected chi connectivity index (χ2v) is 2.62. The Hall–Kier alpha value is -0.561. The Labute approximate surface area is 90.0 Å². The summed E-state index contributed by atoms with van der Waals surface area (Å²) in [6.45, 7) is 0.215. The van der Waals surface area contributed by atoms with E-state index in [1.54, 1.807) is 0 Å². The number of rotatable bonds is 1. The van der Waals surface area contributed by atoms with Gasteiger partial charge in [0.1, 0.15) is 0 Å². The Balaban J connectivity index is 0.000000215. The second-order valence-electron chi connectivity index (χ2n) is 2.62. The summed E-state index contributed by atoms with van der Waals surface area (Å²) in [6.07, 6.45) is 16.9. The molecule has 0 amide bonds. The normalized spacial score (nSPS) is 16.2. The molecule has 0 spiro atoms. The summed E-state index contributed by atoms with van der Waals surface area (Å²) in [5, 5.41) is 8.46. The fourth-order valence-electron chi connectivity index (χ4n) is 0.949. The monoisotopic (exact) mass is 217 g/mol.